The molecule has 1 saturated heterocycles. The number of anilines is 2. The lowest BCUT2D eigenvalue weighted by atomic mass is 10.1. The second-order valence-corrected chi connectivity index (χ2v) is 10.2. The van der Waals surface area contributed by atoms with E-state index in [-0.39, 0.29) is 52.9 Å². The molecule has 0 aliphatic carbocycles. The van der Waals surface area contributed by atoms with Crippen molar-refractivity contribution in [3.8, 4) is 11.4 Å². The van der Waals surface area contributed by atoms with Gasteiger partial charge in [0.15, 0.2) is 5.69 Å². The van der Waals surface area contributed by atoms with Crippen LogP contribution in [0.2, 0.25) is 0 Å². The second-order valence-electron chi connectivity index (χ2n) is 9.30. The first-order valence-electron chi connectivity index (χ1n) is 12.9. The number of carbonyl (C=O) groups excluding carboxylic acids is 3. The van der Waals surface area contributed by atoms with E-state index in [2.05, 4.69) is 10.4 Å². The van der Waals surface area contributed by atoms with Crippen LogP contribution in [0, 0.1) is 12.8 Å². The summed E-state index contributed by atoms with van der Waals surface area (Å²) in [6.07, 6.45) is 0.0507. The van der Waals surface area contributed by atoms with Gasteiger partial charge >= 0.3 is 5.97 Å². The number of nitrogens with zero attached hydrogens (tertiary/aromatic N) is 3. The smallest absolute Gasteiger partial charge is 0.359 e. The van der Waals surface area contributed by atoms with Crippen molar-refractivity contribution in [3.05, 3.63) is 75.5 Å². The zero-order valence-electron chi connectivity index (χ0n) is 22.3. The number of fused-ring (bicyclic) bond motifs is 1. The molecule has 1 N–H and O–H groups in total. The van der Waals surface area contributed by atoms with Gasteiger partial charge in [-0.2, -0.15) is 9.78 Å². The van der Waals surface area contributed by atoms with Gasteiger partial charge in [-0.3, -0.25) is 14.4 Å². The minimum Gasteiger partial charge on any atom is -0.494 e. The van der Waals surface area contributed by atoms with Crippen molar-refractivity contribution in [2.75, 3.05) is 30.0 Å². The van der Waals surface area contributed by atoms with E-state index in [0.29, 0.717) is 18.0 Å². The number of carbonyl (C=O) groups is 3. The molecule has 2 aromatic heterocycles. The Bertz CT molecular complexity index is 1660. The quantitative estimate of drug-likeness (QED) is 0.319. The van der Waals surface area contributed by atoms with Crippen LogP contribution in [0.15, 0.2) is 58.7 Å². The van der Waals surface area contributed by atoms with E-state index < -0.39 is 17.4 Å². The summed E-state index contributed by atoms with van der Waals surface area (Å²) in [7, 11) is 0. The third-order valence-corrected chi connectivity index (χ3v) is 7.45. The van der Waals surface area contributed by atoms with Gasteiger partial charge in [-0.05, 0) is 62.7 Å². The van der Waals surface area contributed by atoms with E-state index in [1.807, 2.05) is 38.1 Å². The minimum atomic E-state index is -0.682. The highest BCUT2D eigenvalue weighted by atomic mass is 32.1. The van der Waals surface area contributed by atoms with Crippen LogP contribution in [0.3, 0.4) is 0 Å². The molecule has 40 heavy (non-hydrogen) atoms. The number of thiophene rings is 1. The fourth-order valence-corrected chi connectivity index (χ4v) is 5.60. The van der Waals surface area contributed by atoms with E-state index in [4.69, 9.17) is 9.47 Å². The highest BCUT2D eigenvalue weighted by molar-refractivity contribution is 7.16. The van der Waals surface area contributed by atoms with Crippen molar-refractivity contribution in [2.24, 2.45) is 5.92 Å². The lowest BCUT2D eigenvalue weighted by molar-refractivity contribution is -0.122. The van der Waals surface area contributed by atoms with E-state index in [9.17, 15) is 19.2 Å². The SMILES string of the molecule is CCOC(=O)c1nn(-c2ccc(OCC)cc2)c(=O)c2c(NC(=O)C3CC(=O)N(c4cccc(C)c4)C3)scc12. The van der Waals surface area contributed by atoms with Crippen molar-refractivity contribution in [1.82, 2.24) is 9.78 Å². The number of hydrogen-bond acceptors (Lipinski definition) is 8. The average molecular weight is 561 g/mol. The number of aromatic nitrogens is 2. The Kier molecular flexibility index (Phi) is 7.65. The van der Waals surface area contributed by atoms with Crippen molar-refractivity contribution in [2.45, 2.75) is 27.2 Å². The number of benzene rings is 2. The molecule has 10 nitrogen and oxygen atoms in total. The first kappa shape index (κ1) is 27.1. The zero-order valence-corrected chi connectivity index (χ0v) is 23.1. The van der Waals surface area contributed by atoms with Crippen molar-refractivity contribution in [1.29, 1.82) is 0 Å². The van der Waals surface area contributed by atoms with Crippen LogP contribution in [0.1, 0.15) is 36.3 Å². The number of nitrogens with one attached hydrogen (secondary N) is 1. The van der Waals surface area contributed by atoms with E-state index >= 15 is 0 Å². The van der Waals surface area contributed by atoms with Crippen LogP contribution in [0.5, 0.6) is 5.75 Å². The summed E-state index contributed by atoms with van der Waals surface area (Å²) in [6.45, 7) is 6.33. The normalized spacial score (nSPS) is 14.9. The Hall–Kier alpha value is -4.51. The third kappa shape index (κ3) is 5.20. The molecule has 1 unspecified atom stereocenters. The molecule has 1 fully saturated rings. The number of ether oxygens (including phenoxy) is 2. The van der Waals surface area contributed by atoms with Crippen molar-refractivity contribution in [3.63, 3.8) is 0 Å². The van der Waals surface area contributed by atoms with Gasteiger partial charge in [0, 0.05) is 29.4 Å². The second kappa shape index (κ2) is 11.3. The standard InChI is InChI=1S/C29H28N4O6S/c1-4-38-21-11-9-19(10-12-21)33-28(36)24-22(25(31-33)29(37)39-5-2)16-40-27(24)30-26(35)18-14-23(34)32(15-18)20-8-6-7-17(3)13-20/h6-13,16,18H,4-5,14-15H2,1-3H3,(H,30,35). The molecule has 5 rings (SSSR count). The molecular weight excluding hydrogens is 532 g/mol. The maximum atomic E-state index is 13.7. The highest BCUT2D eigenvalue weighted by Crippen LogP contribution is 2.33. The van der Waals surface area contributed by atoms with Gasteiger partial charge in [0.2, 0.25) is 11.8 Å². The zero-order chi connectivity index (χ0) is 28.4. The average Bonchev–Trinajstić information content (AvgIpc) is 3.54. The lowest BCUT2D eigenvalue weighted by Crippen LogP contribution is -2.29. The molecule has 3 heterocycles. The van der Waals surface area contributed by atoms with Crippen LogP contribution in [0.4, 0.5) is 10.7 Å². The molecule has 0 spiro atoms. The topological polar surface area (TPSA) is 120 Å². The Morgan fingerprint density at radius 2 is 1.85 bits per heavy atom. The molecular formula is C29H28N4O6S. The summed E-state index contributed by atoms with van der Waals surface area (Å²) in [4.78, 5) is 54.2. The van der Waals surface area contributed by atoms with Gasteiger partial charge in [-0.15, -0.1) is 11.3 Å². The van der Waals surface area contributed by atoms with Gasteiger partial charge < -0.3 is 19.7 Å². The Balaban J connectivity index is 1.49. The summed E-state index contributed by atoms with van der Waals surface area (Å²) in [5.41, 5.74) is 1.62. The summed E-state index contributed by atoms with van der Waals surface area (Å²) >= 11 is 1.12. The number of hydrogen-bond donors (Lipinski definition) is 1. The number of aryl methyl sites for hydroxylation is 1. The Labute approximate surface area is 234 Å². The summed E-state index contributed by atoms with van der Waals surface area (Å²) in [5.74, 6) is -1.19. The maximum absolute atomic E-state index is 13.7. The molecule has 2 amide bonds. The first-order valence-corrected chi connectivity index (χ1v) is 13.8. The third-order valence-electron chi connectivity index (χ3n) is 6.56. The maximum Gasteiger partial charge on any atom is 0.359 e. The van der Waals surface area contributed by atoms with Crippen LogP contribution < -0.4 is 20.5 Å². The van der Waals surface area contributed by atoms with Crippen LogP contribution in [-0.2, 0) is 14.3 Å². The van der Waals surface area contributed by atoms with Gasteiger partial charge in [-0.1, -0.05) is 12.1 Å². The molecule has 0 saturated carbocycles. The molecule has 206 valence electrons. The monoisotopic (exact) mass is 560 g/mol. The molecule has 2 aromatic carbocycles. The van der Waals surface area contributed by atoms with Crippen LogP contribution in [-0.4, -0.2) is 47.3 Å². The van der Waals surface area contributed by atoms with Crippen LogP contribution in [0.25, 0.3) is 16.5 Å². The Morgan fingerprint density at radius 3 is 2.55 bits per heavy atom. The summed E-state index contributed by atoms with van der Waals surface area (Å²) in [5, 5.41) is 9.48. The minimum absolute atomic E-state index is 0.0382. The predicted molar refractivity (Wildman–Crippen MR) is 153 cm³/mol. The molecule has 0 bridgehead atoms. The van der Waals surface area contributed by atoms with Gasteiger partial charge in [0.25, 0.3) is 5.56 Å². The fraction of sp³-hybridized carbons (Fsp3) is 0.276. The number of rotatable bonds is 8. The molecule has 11 heteroatoms. The van der Waals surface area contributed by atoms with Gasteiger partial charge in [0.05, 0.1) is 30.2 Å². The fourth-order valence-electron chi connectivity index (χ4n) is 4.66. The summed E-state index contributed by atoms with van der Waals surface area (Å²) < 4.78 is 11.8. The number of amides is 2. The highest BCUT2D eigenvalue weighted by Gasteiger charge is 2.36. The predicted octanol–water partition coefficient (Wildman–Crippen LogP) is 4.32. The molecule has 4 aromatic rings. The largest absolute Gasteiger partial charge is 0.494 e. The molecule has 1 aliphatic heterocycles. The molecule has 1 atom stereocenters. The summed E-state index contributed by atoms with van der Waals surface area (Å²) in [6, 6.07) is 14.3. The van der Waals surface area contributed by atoms with E-state index in [1.165, 1.54) is 0 Å². The van der Waals surface area contributed by atoms with E-state index in [0.717, 1.165) is 27.3 Å². The number of esters is 1. The lowest BCUT2D eigenvalue weighted by Gasteiger charge is -2.17. The molecule has 1 aliphatic rings. The van der Waals surface area contributed by atoms with Crippen molar-refractivity contribution < 1.29 is 23.9 Å². The Morgan fingerprint density at radius 1 is 1.07 bits per heavy atom. The van der Waals surface area contributed by atoms with Crippen LogP contribution >= 0.6 is 11.3 Å². The van der Waals surface area contributed by atoms with E-state index in [1.54, 1.807) is 41.5 Å². The van der Waals surface area contributed by atoms with Gasteiger partial charge in [0.1, 0.15) is 10.8 Å². The van der Waals surface area contributed by atoms with Gasteiger partial charge in [-0.25, -0.2) is 4.79 Å². The molecule has 0 radical (unpaired) electrons. The first-order chi connectivity index (χ1) is 19.3. The van der Waals surface area contributed by atoms with Crippen molar-refractivity contribution >= 4 is 50.6 Å².